The predicted octanol–water partition coefficient (Wildman–Crippen LogP) is 3.31. The van der Waals surface area contributed by atoms with Gasteiger partial charge in [-0.2, -0.15) is 13.2 Å². The second-order valence-corrected chi connectivity index (χ2v) is 7.78. The SMILES string of the molecule is O=C(CSc1nnnn1C1CC1)N(Cc1ccccc1C(F)(F)F)C1CC1. The van der Waals surface area contributed by atoms with Crippen molar-refractivity contribution in [3.63, 3.8) is 0 Å². The van der Waals surface area contributed by atoms with Gasteiger partial charge in [0.25, 0.3) is 0 Å². The Morgan fingerprint density at radius 1 is 1.22 bits per heavy atom. The summed E-state index contributed by atoms with van der Waals surface area (Å²) in [7, 11) is 0. The molecular formula is C17H18F3N5OS. The van der Waals surface area contributed by atoms with E-state index in [-0.39, 0.29) is 29.8 Å². The van der Waals surface area contributed by atoms with Crippen LogP contribution in [0.2, 0.25) is 0 Å². The smallest absolute Gasteiger partial charge is 0.335 e. The Morgan fingerprint density at radius 3 is 2.63 bits per heavy atom. The number of carbonyl (C=O) groups is 1. The van der Waals surface area contributed by atoms with Crippen LogP contribution in [0.5, 0.6) is 0 Å². The molecule has 0 radical (unpaired) electrons. The second kappa shape index (κ2) is 7.14. The van der Waals surface area contributed by atoms with Gasteiger partial charge in [0.15, 0.2) is 0 Å². The lowest BCUT2D eigenvalue weighted by Crippen LogP contribution is -2.34. The molecule has 0 atom stereocenters. The van der Waals surface area contributed by atoms with Crippen molar-refractivity contribution in [3.8, 4) is 0 Å². The Labute approximate surface area is 158 Å². The van der Waals surface area contributed by atoms with Crippen LogP contribution in [-0.4, -0.2) is 42.8 Å². The molecule has 0 aliphatic heterocycles. The third kappa shape index (κ3) is 4.26. The summed E-state index contributed by atoms with van der Waals surface area (Å²) in [5.74, 6) is -0.0811. The van der Waals surface area contributed by atoms with E-state index in [2.05, 4.69) is 15.5 Å². The molecule has 0 N–H and O–H groups in total. The fraction of sp³-hybridized carbons (Fsp3) is 0.529. The Hall–Kier alpha value is -2.10. The van der Waals surface area contributed by atoms with Crippen LogP contribution in [0, 0.1) is 0 Å². The van der Waals surface area contributed by atoms with Gasteiger partial charge >= 0.3 is 6.18 Å². The van der Waals surface area contributed by atoms with Crippen LogP contribution in [0.3, 0.4) is 0 Å². The Kier molecular flexibility index (Phi) is 4.83. The van der Waals surface area contributed by atoms with Gasteiger partial charge in [0.2, 0.25) is 11.1 Å². The van der Waals surface area contributed by atoms with Gasteiger partial charge in [0.05, 0.1) is 17.4 Å². The molecule has 10 heteroatoms. The summed E-state index contributed by atoms with van der Waals surface area (Å²) >= 11 is 1.24. The Morgan fingerprint density at radius 2 is 1.96 bits per heavy atom. The third-order valence-corrected chi connectivity index (χ3v) is 5.57. The van der Waals surface area contributed by atoms with Crippen molar-refractivity contribution in [1.29, 1.82) is 0 Å². The number of alkyl halides is 3. The number of amides is 1. The van der Waals surface area contributed by atoms with Crippen LogP contribution in [0.15, 0.2) is 29.4 Å². The number of carbonyl (C=O) groups excluding carboxylic acids is 1. The highest BCUT2D eigenvalue weighted by atomic mass is 32.2. The van der Waals surface area contributed by atoms with Gasteiger partial charge in [-0.1, -0.05) is 30.0 Å². The predicted molar refractivity (Wildman–Crippen MR) is 91.8 cm³/mol. The van der Waals surface area contributed by atoms with E-state index in [0.717, 1.165) is 31.7 Å². The highest BCUT2D eigenvalue weighted by Crippen LogP contribution is 2.37. The topological polar surface area (TPSA) is 63.9 Å². The van der Waals surface area contributed by atoms with Gasteiger partial charge in [0, 0.05) is 12.6 Å². The lowest BCUT2D eigenvalue weighted by Gasteiger charge is -2.24. The maximum Gasteiger partial charge on any atom is 0.416 e. The molecule has 144 valence electrons. The van der Waals surface area contributed by atoms with Crippen molar-refractivity contribution < 1.29 is 18.0 Å². The summed E-state index contributed by atoms with van der Waals surface area (Å²) in [5, 5.41) is 12.1. The molecule has 2 aromatic rings. The third-order valence-electron chi connectivity index (χ3n) is 4.65. The van der Waals surface area contributed by atoms with Gasteiger partial charge in [-0.25, -0.2) is 4.68 Å². The van der Waals surface area contributed by atoms with Gasteiger partial charge < -0.3 is 4.90 Å². The zero-order valence-corrected chi connectivity index (χ0v) is 15.2. The van der Waals surface area contributed by atoms with E-state index in [1.807, 2.05) is 0 Å². The first-order valence-electron chi connectivity index (χ1n) is 8.78. The number of benzene rings is 1. The van der Waals surface area contributed by atoms with Crippen molar-refractivity contribution in [2.24, 2.45) is 0 Å². The number of hydrogen-bond donors (Lipinski definition) is 0. The fourth-order valence-corrected chi connectivity index (χ4v) is 3.79. The summed E-state index contributed by atoms with van der Waals surface area (Å²) in [5.41, 5.74) is -0.563. The molecule has 0 saturated heterocycles. The van der Waals surface area contributed by atoms with Crippen LogP contribution in [-0.2, 0) is 17.5 Å². The quantitative estimate of drug-likeness (QED) is 0.671. The lowest BCUT2D eigenvalue weighted by atomic mass is 10.1. The van der Waals surface area contributed by atoms with Crippen molar-refractivity contribution >= 4 is 17.7 Å². The number of thioether (sulfide) groups is 1. The van der Waals surface area contributed by atoms with E-state index in [9.17, 15) is 18.0 Å². The lowest BCUT2D eigenvalue weighted by molar-refractivity contribution is -0.139. The van der Waals surface area contributed by atoms with Gasteiger partial charge in [-0.15, -0.1) is 5.10 Å². The molecule has 4 rings (SSSR count). The maximum absolute atomic E-state index is 13.2. The molecule has 2 saturated carbocycles. The largest absolute Gasteiger partial charge is 0.416 e. The Bertz CT molecular complexity index is 832. The zero-order chi connectivity index (χ0) is 19.0. The minimum absolute atomic E-state index is 0.0128. The van der Waals surface area contributed by atoms with Crippen molar-refractivity contribution in [1.82, 2.24) is 25.1 Å². The molecule has 1 aromatic carbocycles. The monoisotopic (exact) mass is 397 g/mol. The number of rotatable bonds is 7. The first kappa shape index (κ1) is 18.3. The molecule has 1 amide bonds. The van der Waals surface area contributed by atoms with Crippen LogP contribution in [0.4, 0.5) is 13.2 Å². The first-order chi connectivity index (χ1) is 12.9. The van der Waals surface area contributed by atoms with Gasteiger partial charge in [-0.3, -0.25) is 4.79 Å². The van der Waals surface area contributed by atoms with Crippen molar-refractivity contribution in [3.05, 3.63) is 35.4 Å². The number of tetrazole rings is 1. The molecule has 2 aliphatic carbocycles. The number of halogens is 3. The minimum Gasteiger partial charge on any atom is -0.335 e. The summed E-state index contributed by atoms with van der Waals surface area (Å²) < 4.78 is 41.5. The molecule has 2 fully saturated rings. The average Bonchev–Trinajstić information content (AvgIpc) is 3.56. The second-order valence-electron chi connectivity index (χ2n) is 6.83. The standard InChI is InChI=1S/C17H18F3N5OS/c18-17(19,20)14-4-2-1-3-11(14)9-24(12-5-6-12)15(26)10-27-16-21-22-23-25(16)13-7-8-13/h1-4,12-13H,5-10H2. The maximum atomic E-state index is 13.2. The highest BCUT2D eigenvalue weighted by Gasteiger charge is 2.37. The molecule has 1 heterocycles. The molecule has 27 heavy (non-hydrogen) atoms. The minimum atomic E-state index is -4.43. The highest BCUT2D eigenvalue weighted by molar-refractivity contribution is 7.99. The van der Waals surface area contributed by atoms with E-state index < -0.39 is 11.7 Å². The summed E-state index contributed by atoms with van der Waals surface area (Å²) in [6, 6.07) is 5.74. The van der Waals surface area contributed by atoms with Crippen LogP contribution in [0.1, 0.15) is 42.9 Å². The van der Waals surface area contributed by atoms with Crippen LogP contribution in [0.25, 0.3) is 0 Å². The van der Waals surface area contributed by atoms with Crippen LogP contribution < -0.4 is 0 Å². The first-order valence-corrected chi connectivity index (χ1v) is 9.77. The summed E-state index contributed by atoms with van der Waals surface area (Å²) in [6.45, 7) is -0.0344. The van der Waals surface area contributed by atoms with Crippen molar-refractivity contribution in [2.75, 3.05) is 5.75 Å². The average molecular weight is 397 g/mol. The van der Waals surface area contributed by atoms with E-state index in [1.165, 1.54) is 23.9 Å². The summed E-state index contributed by atoms with van der Waals surface area (Å²) in [6.07, 6.45) is -0.741. The van der Waals surface area contributed by atoms with E-state index in [1.54, 1.807) is 15.6 Å². The van der Waals surface area contributed by atoms with Gasteiger partial charge in [-0.05, 0) is 47.7 Å². The zero-order valence-electron chi connectivity index (χ0n) is 14.4. The van der Waals surface area contributed by atoms with E-state index in [4.69, 9.17) is 0 Å². The van der Waals surface area contributed by atoms with E-state index in [0.29, 0.717) is 11.2 Å². The molecule has 6 nitrogen and oxygen atoms in total. The molecule has 1 aromatic heterocycles. The fourth-order valence-electron chi connectivity index (χ4n) is 2.96. The van der Waals surface area contributed by atoms with Crippen LogP contribution >= 0.6 is 11.8 Å². The Balaban J connectivity index is 1.45. The molecule has 0 bridgehead atoms. The number of nitrogens with zero attached hydrogens (tertiary/aromatic N) is 5. The molecule has 0 unspecified atom stereocenters. The molecule has 2 aliphatic rings. The molecular weight excluding hydrogens is 379 g/mol. The summed E-state index contributed by atoms with van der Waals surface area (Å²) in [4.78, 5) is 14.3. The number of hydrogen-bond acceptors (Lipinski definition) is 5. The molecule has 0 spiro atoms. The van der Waals surface area contributed by atoms with Gasteiger partial charge in [0.1, 0.15) is 0 Å². The van der Waals surface area contributed by atoms with Crippen molar-refractivity contribution in [2.45, 2.75) is 55.6 Å². The normalized spacial score (nSPS) is 17.1. The number of aromatic nitrogens is 4. The van der Waals surface area contributed by atoms with E-state index >= 15 is 0 Å².